The van der Waals surface area contributed by atoms with Gasteiger partial charge < -0.3 is 5.73 Å². The van der Waals surface area contributed by atoms with Crippen LogP contribution in [0.1, 0.15) is 0 Å². The van der Waals surface area contributed by atoms with Crippen LogP contribution in [0.2, 0.25) is 0 Å². The van der Waals surface area contributed by atoms with Gasteiger partial charge >= 0.3 is 10.5 Å². The van der Waals surface area contributed by atoms with Crippen LogP contribution in [0.4, 0.5) is 5.69 Å². The first kappa shape index (κ1) is 9.40. The van der Waals surface area contributed by atoms with Gasteiger partial charge in [0.25, 0.3) is 0 Å². The molecule has 0 atom stereocenters. The Morgan fingerprint density at radius 3 is 2.38 bits per heavy atom. The minimum absolute atomic E-state index is 0.278. The van der Waals surface area contributed by atoms with Crippen LogP contribution in [-0.4, -0.2) is 14.4 Å². The lowest BCUT2D eigenvalue weighted by molar-refractivity contribution is 0.623. The van der Waals surface area contributed by atoms with E-state index in [9.17, 15) is 8.42 Å². The largest absolute Gasteiger partial charge is 0.367 e. The topological polar surface area (TPSA) is 84.9 Å². The molecule has 13 heavy (non-hydrogen) atoms. The number of nitrogens with two attached hydrogens (primary N) is 1. The first-order valence-electron chi connectivity index (χ1n) is 3.39. The van der Waals surface area contributed by atoms with E-state index in [-0.39, 0.29) is 5.96 Å². The molecule has 0 radical (unpaired) electrons. The van der Waals surface area contributed by atoms with E-state index >= 15 is 0 Å². The molecular formula is C7H7N3O2S. The van der Waals surface area contributed by atoms with Crippen LogP contribution in [0, 0.1) is 0 Å². The lowest BCUT2D eigenvalue weighted by atomic mass is 10.3. The molecule has 68 valence electrons. The van der Waals surface area contributed by atoms with Crippen LogP contribution < -0.4 is 5.73 Å². The Morgan fingerprint density at radius 2 is 1.85 bits per heavy atom. The maximum absolute atomic E-state index is 10.1. The molecule has 0 aliphatic heterocycles. The molecule has 0 saturated heterocycles. The van der Waals surface area contributed by atoms with Crippen molar-refractivity contribution >= 4 is 22.1 Å². The lowest BCUT2D eigenvalue weighted by Gasteiger charge is -1.90. The van der Waals surface area contributed by atoms with Gasteiger partial charge in [-0.1, -0.05) is 22.6 Å². The number of guanidine groups is 1. The maximum Gasteiger partial charge on any atom is 0.319 e. The first-order chi connectivity index (χ1) is 6.18. The molecule has 0 bridgehead atoms. The van der Waals surface area contributed by atoms with E-state index in [2.05, 4.69) is 9.36 Å². The third kappa shape index (κ3) is 3.48. The Balaban J connectivity index is 2.96. The van der Waals surface area contributed by atoms with Gasteiger partial charge in [-0.15, -0.1) is 0 Å². The molecule has 1 rings (SSSR count). The second kappa shape index (κ2) is 4.36. The summed E-state index contributed by atoms with van der Waals surface area (Å²) >= 11 is 0. The normalized spacial score (nSPS) is 10.9. The molecule has 0 aliphatic rings. The predicted molar refractivity (Wildman–Crippen MR) is 49.1 cm³/mol. The summed E-state index contributed by atoms with van der Waals surface area (Å²) in [5.74, 6) is -0.278. The Bertz CT molecular complexity index is 428. The standard InChI is InChI=1S/C7H7N3O2S/c8-7(10-13(11)12)9-6-4-2-1-3-5-6/h1-5H,(H2,8,9). The molecule has 0 fully saturated rings. The van der Waals surface area contributed by atoms with Gasteiger partial charge in [-0.05, 0) is 12.1 Å². The van der Waals surface area contributed by atoms with E-state index in [1.165, 1.54) is 0 Å². The highest BCUT2D eigenvalue weighted by Crippen LogP contribution is 2.08. The van der Waals surface area contributed by atoms with E-state index in [4.69, 9.17) is 5.73 Å². The number of para-hydroxylation sites is 1. The van der Waals surface area contributed by atoms with Gasteiger partial charge in [-0.2, -0.15) is 8.42 Å². The monoisotopic (exact) mass is 197 g/mol. The minimum Gasteiger partial charge on any atom is -0.367 e. The van der Waals surface area contributed by atoms with Crippen molar-refractivity contribution in [2.24, 2.45) is 15.1 Å². The fraction of sp³-hybridized carbons (Fsp3) is 0. The molecule has 0 aromatic heterocycles. The van der Waals surface area contributed by atoms with Gasteiger partial charge in [0, 0.05) is 0 Å². The Kier molecular flexibility index (Phi) is 3.15. The summed E-state index contributed by atoms with van der Waals surface area (Å²) in [6, 6.07) is 8.73. The van der Waals surface area contributed by atoms with Crippen molar-refractivity contribution in [1.82, 2.24) is 0 Å². The summed E-state index contributed by atoms with van der Waals surface area (Å²) < 4.78 is 23.2. The Morgan fingerprint density at radius 1 is 1.23 bits per heavy atom. The van der Waals surface area contributed by atoms with Crippen LogP contribution in [0.3, 0.4) is 0 Å². The molecule has 0 unspecified atom stereocenters. The van der Waals surface area contributed by atoms with Crippen molar-refractivity contribution in [3.63, 3.8) is 0 Å². The quantitative estimate of drug-likeness (QED) is 0.531. The van der Waals surface area contributed by atoms with Gasteiger partial charge in [-0.3, -0.25) is 0 Å². The zero-order chi connectivity index (χ0) is 9.68. The van der Waals surface area contributed by atoms with Gasteiger partial charge in [0.1, 0.15) is 0 Å². The number of hydrogen-bond donors (Lipinski definition) is 1. The van der Waals surface area contributed by atoms with Crippen LogP contribution in [0.25, 0.3) is 0 Å². The Labute approximate surface area is 76.6 Å². The molecule has 0 spiro atoms. The van der Waals surface area contributed by atoms with E-state index in [1.54, 1.807) is 24.3 Å². The van der Waals surface area contributed by atoms with E-state index in [0.717, 1.165) is 0 Å². The van der Waals surface area contributed by atoms with Crippen molar-refractivity contribution in [3.05, 3.63) is 30.3 Å². The molecule has 0 heterocycles. The smallest absolute Gasteiger partial charge is 0.319 e. The van der Waals surface area contributed by atoms with Crippen molar-refractivity contribution in [1.29, 1.82) is 0 Å². The minimum atomic E-state index is -2.55. The SMILES string of the molecule is NC(=Nc1ccccc1)N=S(=O)=O. The molecule has 0 saturated carbocycles. The van der Waals surface area contributed by atoms with Crippen molar-refractivity contribution in [2.75, 3.05) is 0 Å². The summed E-state index contributed by atoms with van der Waals surface area (Å²) in [7, 11) is -2.55. The summed E-state index contributed by atoms with van der Waals surface area (Å²) in [5.41, 5.74) is 5.76. The van der Waals surface area contributed by atoms with Crippen molar-refractivity contribution in [3.8, 4) is 0 Å². The molecule has 1 aromatic carbocycles. The average Bonchev–Trinajstić information content (AvgIpc) is 2.04. The molecule has 0 amide bonds. The van der Waals surface area contributed by atoms with Crippen molar-refractivity contribution < 1.29 is 8.42 Å². The number of benzene rings is 1. The van der Waals surface area contributed by atoms with Gasteiger partial charge in [0.2, 0.25) is 5.96 Å². The molecule has 0 aliphatic carbocycles. The summed E-state index contributed by atoms with van der Waals surface area (Å²) in [5, 5.41) is 0. The second-order valence-corrected chi connectivity index (χ2v) is 2.73. The highest BCUT2D eigenvalue weighted by Gasteiger charge is 1.89. The van der Waals surface area contributed by atoms with E-state index < -0.39 is 10.5 Å². The van der Waals surface area contributed by atoms with E-state index in [0.29, 0.717) is 5.69 Å². The maximum atomic E-state index is 10.1. The molecular weight excluding hydrogens is 190 g/mol. The van der Waals surface area contributed by atoms with Crippen LogP contribution >= 0.6 is 0 Å². The highest BCUT2D eigenvalue weighted by atomic mass is 32.2. The number of hydrogen-bond acceptors (Lipinski definition) is 3. The molecule has 6 heteroatoms. The summed E-state index contributed by atoms with van der Waals surface area (Å²) in [4.78, 5) is 3.73. The number of aliphatic imine (C=N–C) groups is 1. The van der Waals surface area contributed by atoms with Crippen LogP contribution in [-0.2, 0) is 10.5 Å². The van der Waals surface area contributed by atoms with Crippen LogP contribution in [0.15, 0.2) is 39.7 Å². The van der Waals surface area contributed by atoms with Crippen LogP contribution in [0.5, 0.6) is 0 Å². The fourth-order valence-electron chi connectivity index (χ4n) is 0.732. The summed E-state index contributed by atoms with van der Waals surface area (Å²) in [6.07, 6.45) is 0. The number of nitrogens with zero attached hydrogens (tertiary/aromatic N) is 2. The zero-order valence-electron chi connectivity index (χ0n) is 6.58. The fourth-order valence-corrected chi connectivity index (χ4v) is 0.925. The predicted octanol–water partition coefficient (Wildman–Crippen LogP) is 0.696. The van der Waals surface area contributed by atoms with E-state index in [1.807, 2.05) is 6.07 Å². The summed E-state index contributed by atoms with van der Waals surface area (Å²) in [6.45, 7) is 0. The second-order valence-electron chi connectivity index (χ2n) is 2.11. The van der Waals surface area contributed by atoms with Crippen molar-refractivity contribution in [2.45, 2.75) is 0 Å². The number of rotatable bonds is 1. The molecule has 1 aromatic rings. The highest BCUT2D eigenvalue weighted by molar-refractivity contribution is 7.62. The lowest BCUT2D eigenvalue weighted by Crippen LogP contribution is -2.06. The van der Waals surface area contributed by atoms with Gasteiger partial charge in [0.05, 0.1) is 5.69 Å². The third-order valence-electron chi connectivity index (χ3n) is 1.17. The molecule has 2 N–H and O–H groups in total. The first-order valence-corrected chi connectivity index (χ1v) is 4.42. The third-order valence-corrected chi connectivity index (χ3v) is 1.50. The van der Waals surface area contributed by atoms with Gasteiger partial charge in [0.15, 0.2) is 0 Å². The molecule has 5 nitrogen and oxygen atoms in total. The van der Waals surface area contributed by atoms with Gasteiger partial charge in [-0.25, -0.2) is 4.99 Å². The zero-order valence-corrected chi connectivity index (χ0v) is 7.40. The average molecular weight is 197 g/mol. The Hall–Kier alpha value is -1.69.